The molecule has 0 atom stereocenters. The minimum absolute atomic E-state index is 0.00882. The lowest BCUT2D eigenvalue weighted by Crippen LogP contribution is -2.07. The molecule has 2 aromatic carbocycles. The number of benzene rings is 2. The largest absolute Gasteiger partial charge is 0.490 e. The number of esters is 1. The van der Waals surface area contributed by atoms with Crippen molar-refractivity contribution in [2.75, 3.05) is 13.2 Å². The molecule has 0 spiro atoms. The van der Waals surface area contributed by atoms with Gasteiger partial charge in [0.2, 0.25) is 5.90 Å². The molecule has 152 valence electrons. The highest BCUT2D eigenvalue weighted by atomic mass is 35.5. The van der Waals surface area contributed by atoms with Crippen LogP contribution >= 0.6 is 11.6 Å². The monoisotopic (exact) mass is 421 g/mol. The van der Waals surface area contributed by atoms with Gasteiger partial charge in [-0.25, -0.2) is 18.6 Å². The van der Waals surface area contributed by atoms with Gasteiger partial charge in [-0.3, -0.25) is 0 Å². The maximum absolute atomic E-state index is 13.5. The topological polar surface area (TPSA) is 57.1 Å². The van der Waals surface area contributed by atoms with Gasteiger partial charge in [0.25, 0.3) is 0 Å². The van der Waals surface area contributed by atoms with Crippen molar-refractivity contribution in [2.24, 2.45) is 4.99 Å². The predicted octanol–water partition coefficient (Wildman–Crippen LogP) is 5.15. The van der Waals surface area contributed by atoms with Crippen molar-refractivity contribution in [1.29, 1.82) is 0 Å². The Kier molecular flexibility index (Phi) is 6.49. The maximum atomic E-state index is 13.5. The van der Waals surface area contributed by atoms with E-state index in [1.165, 1.54) is 6.08 Å². The predicted molar refractivity (Wildman–Crippen MR) is 105 cm³/mol. The van der Waals surface area contributed by atoms with Crippen LogP contribution in [-0.4, -0.2) is 25.1 Å². The summed E-state index contributed by atoms with van der Waals surface area (Å²) >= 11 is 5.92. The molecule has 0 saturated carbocycles. The number of cyclic esters (lactones) is 1. The van der Waals surface area contributed by atoms with Crippen molar-refractivity contribution in [2.45, 2.75) is 20.3 Å². The molecule has 29 heavy (non-hydrogen) atoms. The summed E-state index contributed by atoms with van der Waals surface area (Å²) in [4.78, 5) is 16.2. The molecule has 0 radical (unpaired) electrons. The first-order chi connectivity index (χ1) is 13.9. The number of aliphatic imine (C=N–C) groups is 1. The van der Waals surface area contributed by atoms with Crippen molar-refractivity contribution < 1.29 is 27.8 Å². The van der Waals surface area contributed by atoms with E-state index >= 15 is 0 Å². The summed E-state index contributed by atoms with van der Waals surface area (Å²) in [6.45, 7) is 4.85. The smallest absolute Gasteiger partial charge is 0.363 e. The van der Waals surface area contributed by atoms with Crippen LogP contribution in [0, 0.1) is 11.6 Å². The Labute approximate surface area is 171 Å². The van der Waals surface area contributed by atoms with Crippen LogP contribution in [0.3, 0.4) is 0 Å². The zero-order valence-electron chi connectivity index (χ0n) is 15.8. The first-order valence-corrected chi connectivity index (χ1v) is 9.37. The van der Waals surface area contributed by atoms with Crippen LogP contribution < -0.4 is 9.47 Å². The lowest BCUT2D eigenvalue weighted by molar-refractivity contribution is -0.129. The number of carbonyl (C=O) groups is 1. The first-order valence-electron chi connectivity index (χ1n) is 9.00. The minimum Gasteiger partial charge on any atom is -0.490 e. The van der Waals surface area contributed by atoms with Crippen LogP contribution in [0.25, 0.3) is 6.08 Å². The Morgan fingerprint density at radius 2 is 1.86 bits per heavy atom. The summed E-state index contributed by atoms with van der Waals surface area (Å²) in [5.41, 5.74) is 0.608. The number of hydrogen-bond acceptors (Lipinski definition) is 5. The zero-order valence-corrected chi connectivity index (χ0v) is 16.6. The second kappa shape index (κ2) is 9.05. The molecule has 0 unspecified atom stereocenters. The SMILES string of the molecule is CCCOc1ccc(C=C2N=C(c3cc(F)c(F)cc3Cl)OC2=O)cc1OCC. The molecule has 0 amide bonds. The molecular formula is C21H18ClF2NO4. The Bertz CT molecular complexity index is 1000. The van der Waals surface area contributed by atoms with E-state index in [4.69, 9.17) is 25.8 Å². The summed E-state index contributed by atoms with van der Waals surface area (Å²) in [5, 5.41) is -0.118. The normalized spacial score (nSPS) is 14.7. The average Bonchev–Trinajstić information content (AvgIpc) is 3.04. The summed E-state index contributed by atoms with van der Waals surface area (Å²) in [6, 6.07) is 6.83. The van der Waals surface area contributed by atoms with E-state index in [0.29, 0.717) is 30.3 Å². The quantitative estimate of drug-likeness (QED) is 0.352. The third-order valence-corrected chi connectivity index (χ3v) is 4.21. The molecule has 1 aliphatic heterocycles. The van der Waals surface area contributed by atoms with Crippen LogP contribution in [0.2, 0.25) is 5.02 Å². The van der Waals surface area contributed by atoms with Crippen molar-refractivity contribution in [1.82, 2.24) is 0 Å². The zero-order chi connectivity index (χ0) is 21.0. The second-order valence-electron chi connectivity index (χ2n) is 6.07. The van der Waals surface area contributed by atoms with Gasteiger partial charge in [-0.15, -0.1) is 0 Å². The van der Waals surface area contributed by atoms with E-state index in [2.05, 4.69) is 4.99 Å². The number of carbonyl (C=O) groups excluding carboxylic acids is 1. The minimum atomic E-state index is -1.12. The molecular weight excluding hydrogens is 404 g/mol. The summed E-state index contributed by atoms with van der Waals surface area (Å²) in [7, 11) is 0. The fourth-order valence-corrected chi connectivity index (χ4v) is 2.81. The molecule has 0 aromatic heterocycles. The number of hydrogen-bond donors (Lipinski definition) is 0. The van der Waals surface area contributed by atoms with Gasteiger partial charge in [0.05, 0.1) is 23.8 Å². The number of nitrogens with zero attached hydrogens (tertiary/aromatic N) is 1. The first kappa shape index (κ1) is 20.8. The van der Waals surface area contributed by atoms with Crippen molar-refractivity contribution in [3.63, 3.8) is 0 Å². The van der Waals surface area contributed by atoms with Crippen LogP contribution in [0.1, 0.15) is 31.4 Å². The Morgan fingerprint density at radius 3 is 2.59 bits per heavy atom. The van der Waals surface area contributed by atoms with Gasteiger partial charge < -0.3 is 14.2 Å². The summed E-state index contributed by atoms with van der Waals surface area (Å²) in [6.07, 6.45) is 2.35. The average molecular weight is 422 g/mol. The molecule has 0 aliphatic carbocycles. The van der Waals surface area contributed by atoms with Gasteiger partial charge in [-0.2, -0.15) is 0 Å². The number of ether oxygens (including phenoxy) is 3. The third-order valence-electron chi connectivity index (χ3n) is 3.89. The molecule has 0 fully saturated rings. The van der Waals surface area contributed by atoms with Crippen LogP contribution in [0.15, 0.2) is 41.0 Å². The van der Waals surface area contributed by atoms with Gasteiger partial charge in [0, 0.05) is 0 Å². The van der Waals surface area contributed by atoms with E-state index in [1.807, 2.05) is 13.8 Å². The second-order valence-corrected chi connectivity index (χ2v) is 6.48. The Morgan fingerprint density at radius 1 is 1.10 bits per heavy atom. The van der Waals surface area contributed by atoms with E-state index < -0.39 is 17.6 Å². The van der Waals surface area contributed by atoms with Crippen molar-refractivity contribution in [3.8, 4) is 11.5 Å². The third kappa shape index (κ3) is 4.74. The van der Waals surface area contributed by atoms with Gasteiger partial charge in [-0.05, 0) is 49.2 Å². The molecule has 2 aromatic rings. The van der Waals surface area contributed by atoms with E-state index in [0.717, 1.165) is 18.6 Å². The molecule has 0 N–H and O–H groups in total. The molecule has 8 heteroatoms. The Balaban J connectivity index is 1.93. The number of halogens is 3. The standard InChI is InChI=1S/C21H18ClF2NO4/c1-3-7-28-18-6-5-12(9-19(18)27-4-2)8-17-21(26)29-20(25-17)13-10-15(23)16(24)11-14(13)22/h5-6,8-11H,3-4,7H2,1-2H3. The van der Waals surface area contributed by atoms with E-state index in [1.54, 1.807) is 18.2 Å². The van der Waals surface area contributed by atoms with Gasteiger partial charge in [0.1, 0.15) is 0 Å². The Hall–Kier alpha value is -2.93. The summed E-state index contributed by atoms with van der Waals surface area (Å²) in [5.74, 6) is -2.02. The van der Waals surface area contributed by atoms with Crippen molar-refractivity contribution >= 4 is 29.5 Å². The maximum Gasteiger partial charge on any atom is 0.363 e. The van der Waals surface area contributed by atoms with Gasteiger partial charge in [0.15, 0.2) is 28.8 Å². The van der Waals surface area contributed by atoms with E-state index in [9.17, 15) is 13.6 Å². The van der Waals surface area contributed by atoms with Crippen LogP contribution in [0.4, 0.5) is 8.78 Å². The molecule has 5 nitrogen and oxygen atoms in total. The molecule has 3 rings (SSSR count). The van der Waals surface area contributed by atoms with Crippen LogP contribution in [0.5, 0.6) is 11.5 Å². The highest BCUT2D eigenvalue weighted by Crippen LogP contribution is 2.31. The molecule has 1 aliphatic rings. The lowest BCUT2D eigenvalue weighted by atomic mass is 10.1. The van der Waals surface area contributed by atoms with Gasteiger partial charge >= 0.3 is 5.97 Å². The summed E-state index contributed by atoms with van der Waals surface area (Å²) < 4.78 is 43.1. The highest BCUT2D eigenvalue weighted by Gasteiger charge is 2.27. The molecule has 0 saturated heterocycles. The molecule has 0 bridgehead atoms. The van der Waals surface area contributed by atoms with Gasteiger partial charge in [-0.1, -0.05) is 24.6 Å². The van der Waals surface area contributed by atoms with E-state index in [-0.39, 0.29) is 22.2 Å². The van der Waals surface area contributed by atoms with Crippen molar-refractivity contribution in [3.05, 3.63) is 63.8 Å². The fourth-order valence-electron chi connectivity index (χ4n) is 2.58. The number of rotatable bonds is 7. The van der Waals surface area contributed by atoms with Crippen LogP contribution in [-0.2, 0) is 9.53 Å². The fraction of sp³-hybridized carbons (Fsp3) is 0.238. The molecule has 1 heterocycles. The highest BCUT2D eigenvalue weighted by molar-refractivity contribution is 6.34. The lowest BCUT2D eigenvalue weighted by Gasteiger charge is -2.12.